The van der Waals surface area contributed by atoms with Gasteiger partial charge in [-0.15, -0.1) is 0 Å². The summed E-state index contributed by atoms with van der Waals surface area (Å²) in [5, 5.41) is 11.7. The maximum atomic E-state index is 12.1. The molecule has 21 heavy (non-hydrogen) atoms. The Morgan fingerprint density at radius 3 is 2.67 bits per heavy atom. The van der Waals surface area contributed by atoms with E-state index in [4.69, 9.17) is 9.84 Å². The fraction of sp³-hybridized carbons (Fsp3) is 0.786. The van der Waals surface area contributed by atoms with Gasteiger partial charge in [0.1, 0.15) is 6.04 Å². The Bertz CT molecular complexity index is 397. The van der Waals surface area contributed by atoms with Crippen LogP contribution in [0, 0.1) is 11.8 Å². The standard InChI is InChI=1S/C14H24N2O5/c1-9(2)6-11(14(19)20)15-13(18)10-7-12(17)16(8-10)4-5-21-3/h9-11H,4-8H2,1-3H3,(H,15,18)(H,19,20)/t10-,11+/m1/s1. The first kappa shape index (κ1) is 17.4. The van der Waals surface area contributed by atoms with Gasteiger partial charge in [-0.05, 0) is 12.3 Å². The van der Waals surface area contributed by atoms with Crippen molar-refractivity contribution in [2.24, 2.45) is 11.8 Å². The van der Waals surface area contributed by atoms with Gasteiger partial charge < -0.3 is 20.1 Å². The van der Waals surface area contributed by atoms with Gasteiger partial charge in [0, 0.05) is 26.6 Å². The fourth-order valence-electron chi connectivity index (χ4n) is 2.35. The number of amides is 2. The van der Waals surface area contributed by atoms with Crippen LogP contribution in [-0.2, 0) is 19.1 Å². The first-order chi connectivity index (χ1) is 9.85. The second-order valence-electron chi connectivity index (χ2n) is 5.76. The van der Waals surface area contributed by atoms with Crippen LogP contribution in [0.4, 0.5) is 0 Å². The smallest absolute Gasteiger partial charge is 0.326 e. The molecule has 0 radical (unpaired) electrons. The molecular formula is C14H24N2O5. The summed E-state index contributed by atoms with van der Waals surface area (Å²) in [5.41, 5.74) is 0. The summed E-state index contributed by atoms with van der Waals surface area (Å²) in [5.74, 6) is -1.82. The van der Waals surface area contributed by atoms with Crippen molar-refractivity contribution in [3.63, 3.8) is 0 Å². The largest absolute Gasteiger partial charge is 0.480 e. The molecule has 7 nitrogen and oxygen atoms in total. The molecule has 0 aromatic rings. The van der Waals surface area contributed by atoms with Crippen LogP contribution in [-0.4, -0.2) is 60.6 Å². The van der Waals surface area contributed by atoms with Crippen LogP contribution in [0.5, 0.6) is 0 Å². The molecule has 1 saturated heterocycles. The van der Waals surface area contributed by atoms with E-state index >= 15 is 0 Å². The zero-order chi connectivity index (χ0) is 16.0. The van der Waals surface area contributed by atoms with Gasteiger partial charge in [0.05, 0.1) is 12.5 Å². The number of likely N-dealkylation sites (tertiary alicyclic amines) is 1. The lowest BCUT2D eigenvalue weighted by molar-refractivity contribution is -0.142. The van der Waals surface area contributed by atoms with Crippen molar-refractivity contribution in [2.45, 2.75) is 32.7 Å². The van der Waals surface area contributed by atoms with E-state index in [2.05, 4.69) is 5.32 Å². The molecule has 2 N–H and O–H groups in total. The highest BCUT2D eigenvalue weighted by Crippen LogP contribution is 2.18. The Morgan fingerprint density at radius 1 is 1.48 bits per heavy atom. The summed E-state index contributed by atoms with van der Waals surface area (Å²) < 4.78 is 4.92. The van der Waals surface area contributed by atoms with E-state index in [1.54, 1.807) is 12.0 Å². The minimum Gasteiger partial charge on any atom is -0.480 e. The Kier molecular flexibility index (Phi) is 6.61. The van der Waals surface area contributed by atoms with Crippen LogP contribution in [0.1, 0.15) is 26.7 Å². The quantitative estimate of drug-likeness (QED) is 0.662. The van der Waals surface area contributed by atoms with Gasteiger partial charge in [0.25, 0.3) is 0 Å². The second-order valence-corrected chi connectivity index (χ2v) is 5.76. The zero-order valence-electron chi connectivity index (χ0n) is 12.8. The lowest BCUT2D eigenvalue weighted by atomic mass is 10.0. The van der Waals surface area contributed by atoms with E-state index in [0.29, 0.717) is 26.1 Å². The van der Waals surface area contributed by atoms with Crippen molar-refractivity contribution in [1.82, 2.24) is 10.2 Å². The van der Waals surface area contributed by atoms with Crippen LogP contribution < -0.4 is 5.32 Å². The highest BCUT2D eigenvalue weighted by atomic mass is 16.5. The molecule has 120 valence electrons. The number of hydrogen-bond acceptors (Lipinski definition) is 4. The van der Waals surface area contributed by atoms with Crippen LogP contribution in [0.15, 0.2) is 0 Å². The molecule has 1 heterocycles. The number of nitrogens with zero attached hydrogens (tertiary/aromatic N) is 1. The summed E-state index contributed by atoms with van der Waals surface area (Å²) in [6.45, 7) is 4.99. The number of hydrogen-bond donors (Lipinski definition) is 2. The third kappa shape index (κ3) is 5.34. The van der Waals surface area contributed by atoms with Crippen LogP contribution in [0.25, 0.3) is 0 Å². The van der Waals surface area contributed by atoms with Gasteiger partial charge in [-0.25, -0.2) is 4.79 Å². The molecule has 0 saturated carbocycles. The summed E-state index contributed by atoms with van der Waals surface area (Å²) in [6, 6.07) is -0.902. The molecule has 1 fully saturated rings. The minimum atomic E-state index is -1.04. The highest BCUT2D eigenvalue weighted by molar-refractivity contribution is 5.91. The van der Waals surface area contributed by atoms with Gasteiger partial charge in [-0.2, -0.15) is 0 Å². The monoisotopic (exact) mass is 300 g/mol. The SMILES string of the molecule is COCCN1C[C@H](C(=O)N[C@@H](CC(C)C)C(=O)O)CC1=O. The van der Waals surface area contributed by atoms with Crippen LogP contribution >= 0.6 is 0 Å². The molecule has 1 aliphatic heterocycles. The van der Waals surface area contributed by atoms with Crippen molar-refractivity contribution in [2.75, 3.05) is 26.8 Å². The first-order valence-electron chi connectivity index (χ1n) is 7.15. The number of carboxylic acids is 1. The molecule has 1 aliphatic rings. The minimum absolute atomic E-state index is 0.0945. The number of carbonyl (C=O) groups is 3. The number of aliphatic carboxylic acids is 1. The van der Waals surface area contributed by atoms with E-state index in [1.807, 2.05) is 13.8 Å². The molecule has 7 heteroatoms. The number of rotatable bonds is 8. The molecule has 1 rings (SSSR count). The number of methoxy groups -OCH3 is 1. The molecule has 0 bridgehead atoms. The highest BCUT2D eigenvalue weighted by Gasteiger charge is 2.35. The molecule has 0 aromatic heterocycles. The van der Waals surface area contributed by atoms with Crippen molar-refractivity contribution >= 4 is 17.8 Å². The molecule has 0 unspecified atom stereocenters. The van der Waals surface area contributed by atoms with Crippen molar-refractivity contribution in [3.8, 4) is 0 Å². The predicted molar refractivity (Wildman–Crippen MR) is 75.6 cm³/mol. The maximum absolute atomic E-state index is 12.1. The van der Waals surface area contributed by atoms with E-state index in [9.17, 15) is 14.4 Å². The van der Waals surface area contributed by atoms with Gasteiger partial charge >= 0.3 is 5.97 Å². The lowest BCUT2D eigenvalue weighted by Gasteiger charge is -2.19. The predicted octanol–water partition coefficient (Wildman–Crippen LogP) is 0.0968. The topological polar surface area (TPSA) is 95.9 Å². The third-order valence-corrected chi connectivity index (χ3v) is 3.47. The molecule has 2 atom stereocenters. The normalized spacial score (nSPS) is 19.9. The molecular weight excluding hydrogens is 276 g/mol. The Labute approximate surface area is 124 Å². The van der Waals surface area contributed by atoms with Gasteiger partial charge in [-0.1, -0.05) is 13.8 Å². The molecule has 0 aliphatic carbocycles. The number of nitrogens with one attached hydrogen (secondary N) is 1. The summed E-state index contributed by atoms with van der Waals surface area (Å²) in [4.78, 5) is 36.6. The number of carbonyl (C=O) groups excluding carboxylic acids is 2. The Balaban J connectivity index is 2.55. The average molecular weight is 300 g/mol. The first-order valence-corrected chi connectivity index (χ1v) is 7.15. The van der Waals surface area contributed by atoms with Gasteiger partial charge in [0.15, 0.2) is 0 Å². The van der Waals surface area contributed by atoms with Crippen molar-refractivity contribution in [1.29, 1.82) is 0 Å². The average Bonchev–Trinajstić information content (AvgIpc) is 2.76. The van der Waals surface area contributed by atoms with E-state index < -0.39 is 17.9 Å². The molecule has 2 amide bonds. The lowest BCUT2D eigenvalue weighted by Crippen LogP contribution is -2.45. The number of ether oxygens (including phenoxy) is 1. The summed E-state index contributed by atoms with van der Waals surface area (Å²) in [7, 11) is 1.55. The second kappa shape index (κ2) is 7.97. The molecule has 0 aromatic carbocycles. The van der Waals surface area contributed by atoms with Crippen molar-refractivity contribution < 1.29 is 24.2 Å². The Hall–Kier alpha value is -1.63. The van der Waals surface area contributed by atoms with Gasteiger partial charge in [-0.3, -0.25) is 9.59 Å². The maximum Gasteiger partial charge on any atom is 0.326 e. The summed E-state index contributed by atoms with van der Waals surface area (Å²) >= 11 is 0. The van der Waals surface area contributed by atoms with Crippen LogP contribution in [0.2, 0.25) is 0 Å². The van der Waals surface area contributed by atoms with Crippen LogP contribution in [0.3, 0.4) is 0 Å². The third-order valence-electron chi connectivity index (χ3n) is 3.47. The summed E-state index contributed by atoms with van der Waals surface area (Å²) in [6.07, 6.45) is 0.499. The Morgan fingerprint density at radius 2 is 2.14 bits per heavy atom. The zero-order valence-corrected chi connectivity index (χ0v) is 12.8. The van der Waals surface area contributed by atoms with Crippen molar-refractivity contribution in [3.05, 3.63) is 0 Å². The van der Waals surface area contributed by atoms with Gasteiger partial charge in [0.2, 0.25) is 11.8 Å². The van der Waals surface area contributed by atoms with E-state index in [1.165, 1.54) is 0 Å². The number of carboxylic acid groups (broad SMARTS) is 1. The van der Waals surface area contributed by atoms with E-state index in [-0.39, 0.29) is 24.2 Å². The fourth-order valence-corrected chi connectivity index (χ4v) is 2.35. The van der Waals surface area contributed by atoms with E-state index in [0.717, 1.165) is 0 Å². The molecule has 0 spiro atoms.